The molecule has 1 aromatic rings. The van der Waals surface area contributed by atoms with Gasteiger partial charge >= 0.3 is 0 Å². The molecule has 0 heterocycles. The average molecular weight is 256 g/mol. The first-order valence-corrected chi connectivity index (χ1v) is 5.52. The van der Waals surface area contributed by atoms with Crippen molar-refractivity contribution in [1.82, 2.24) is 10.9 Å². The van der Waals surface area contributed by atoms with Gasteiger partial charge in [-0.05, 0) is 17.7 Å². The average Bonchev–Trinajstić information content (AvgIpc) is 2.30. The third-order valence-electron chi connectivity index (χ3n) is 1.99. The second-order valence-corrected chi connectivity index (χ2v) is 3.87. The minimum atomic E-state index is -0.308. The van der Waals surface area contributed by atoms with Crippen LogP contribution < -0.4 is 16.6 Å². The Kier molecular flexibility index (Phi) is 5.45. The van der Waals surface area contributed by atoms with Gasteiger partial charge in [0.25, 0.3) is 0 Å². The fourth-order valence-electron chi connectivity index (χ4n) is 1.16. The minimum absolute atomic E-state index is 0.181. The first kappa shape index (κ1) is 13.5. The van der Waals surface area contributed by atoms with Gasteiger partial charge in [0.15, 0.2) is 0 Å². The molecule has 0 saturated heterocycles. The maximum Gasteiger partial charge on any atom is 0.242 e. The van der Waals surface area contributed by atoms with Gasteiger partial charge in [-0.2, -0.15) is 0 Å². The molecule has 0 aliphatic carbocycles. The highest BCUT2D eigenvalue weighted by molar-refractivity contribution is 6.30. The molecule has 0 spiro atoms. The van der Waals surface area contributed by atoms with E-state index in [9.17, 15) is 9.59 Å². The van der Waals surface area contributed by atoms with E-state index in [0.29, 0.717) is 5.02 Å². The maximum atomic E-state index is 11.4. The number of nitrogens with one attached hydrogen (secondary N) is 2. The Bertz CT molecular complexity index is 392. The van der Waals surface area contributed by atoms with E-state index in [1.165, 1.54) is 0 Å². The Morgan fingerprint density at radius 1 is 1.12 bits per heavy atom. The van der Waals surface area contributed by atoms with Gasteiger partial charge in [0.2, 0.25) is 11.8 Å². The van der Waals surface area contributed by atoms with Crippen molar-refractivity contribution >= 4 is 23.4 Å². The van der Waals surface area contributed by atoms with Gasteiger partial charge in [0.1, 0.15) is 0 Å². The van der Waals surface area contributed by atoms with Crippen LogP contribution in [0.1, 0.15) is 12.0 Å². The number of hydrogen-bond acceptors (Lipinski definition) is 3. The highest BCUT2D eigenvalue weighted by Gasteiger charge is 2.04. The molecule has 0 aromatic heterocycles. The van der Waals surface area contributed by atoms with E-state index in [2.05, 4.69) is 10.9 Å². The van der Waals surface area contributed by atoms with Gasteiger partial charge in [-0.1, -0.05) is 23.7 Å². The molecule has 1 rings (SSSR count). The smallest absolute Gasteiger partial charge is 0.242 e. The molecule has 0 atom stereocenters. The number of nitrogens with two attached hydrogens (primary N) is 1. The van der Waals surface area contributed by atoms with Gasteiger partial charge in [0, 0.05) is 18.0 Å². The maximum absolute atomic E-state index is 11.4. The lowest BCUT2D eigenvalue weighted by Gasteiger charge is -2.06. The van der Waals surface area contributed by atoms with Gasteiger partial charge in [-0.15, -0.1) is 0 Å². The zero-order chi connectivity index (χ0) is 12.7. The molecule has 0 radical (unpaired) electrons. The zero-order valence-electron chi connectivity index (χ0n) is 9.20. The minimum Gasteiger partial charge on any atom is -0.330 e. The van der Waals surface area contributed by atoms with E-state index < -0.39 is 0 Å². The first-order chi connectivity index (χ1) is 8.11. The summed E-state index contributed by atoms with van der Waals surface area (Å²) < 4.78 is 0. The topological polar surface area (TPSA) is 84.2 Å². The normalized spacial score (nSPS) is 9.76. The van der Waals surface area contributed by atoms with E-state index in [0.717, 1.165) is 5.56 Å². The van der Waals surface area contributed by atoms with Crippen molar-refractivity contribution in [3.05, 3.63) is 34.9 Å². The molecular formula is C11H14ClN3O2. The molecule has 17 heavy (non-hydrogen) atoms. The van der Waals surface area contributed by atoms with Crippen LogP contribution in [-0.4, -0.2) is 18.4 Å². The molecular weight excluding hydrogens is 242 g/mol. The fraction of sp³-hybridized carbons (Fsp3) is 0.273. The molecule has 5 nitrogen and oxygen atoms in total. The molecule has 0 aliphatic rings. The van der Waals surface area contributed by atoms with Crippen LogP contribution >= 0.6 is 11.6 Å². The number of benzene rings is 1. The van der Waals surface area contributed by atoms with Crippen LogP contribution in [0.3, 0.4) is 0 Å². The van der Waals surface area contributed by atoms with Gasteiger partial charge in [0.05, 0.1) is 6.42 Å². The predicted molar refractivity (Wildman–Crippen MR) is 65.1 cm³/mol. The molecule has 0 fully saturated rings. The van der Waals surface area contributed by atoms with Crippen LogP contribution in [0.4, 0.5) is 0 Å². The molecule has 4 N–H and O–H groups in total. The Morgan fingerprint density at radius 3 is 2.29 bits per heavy atom. The monoisotopic (exact) mass is 255 g/mol. The lowest BCUT2D eigenvalue weighted by atomic mass is 10.1. The fourth-order valence-corrected chi connectivity index (χ4v) is 1.29. The second-order valence-electron chi connectivity index (χ2n) is 3.44. The van der Waals surface area contributed by atoms with Crippen molar-refractivity contribution in [2.45, 2.75) is 12.8 Å². The van der Waals surface area contributed by atoms with Crippen molar-refractivity contribution < 1.29 is 9.59 Å². The summed E-state index contributed by atoms with van der Waals surface area (Å²) in [6.07, 6.45) is 0.362. The first-order valence-electron chi connectivity index (χ1n) is 5.14. The van der Waals surface area contributed by atoms with Crippen LogP contribution in [0, 0.1) is 0 Å². The van der Waals surface area contributed by atoms with Crippen molar-refractivity contribution in [2.75, 3.05) is 6.54 Å². The quantitative estimate of drug-likeness (QED) is 0.680. The summed E-state index contributed by atoms with van der Waals surface area (Å²) in [5, 5.41) is 0.616. The third kappa shape index (κ3) is 5.33. The van der Waals surface area contributed by atoms with E-state index >= 15 is 0 Å². The molecule has 1 aromatic carbocycles. The molecule has 0 aliphatic heterocycles. The van der Waals surface area contributed by atoms with Crippen molar-refractivity contribution in [3.8, 4) is 0 Å². The van der Waals surface area contributed by atoms with Crippen LogP contribution in [0.2, 0.25) is 5.02 Å². The lowest BCUT2D eigenvalue weighted by molar-refractivity contribution is -0.128. The van der Waals surface area contributed by atoms with Crippen molar-refractivity contribution in [2.24, 2.45) is 5.73 Å². The highest BCUT2D eigenvalue weighted by Crippen LogP contribution is 2.09. The number of carbonyl (C=O) groups excluding carboxylic acids is 2. The summed E-state index contributed by atoms with van der Waals surface area (Å²) in [4.78, 5) is 22.4. The molecule has 0 unspecified atom stereocenters. The number of halogens is 1. The summed E-state index contributed by atoms with van der Waals surface area (Å²) in [5.74, 6) is -0.602. The van der Waals surface area contributed by atoms with Crippen LogP contribution in [0.5, 0.6) is 0 Å². The molecule has 0 bridgehead atoms. The van der Waals surface area contributed by atoms with Crippen LogP contribution in [-0.2, 0) is 16.0 Å². The summed E-state index contributed by atoms with van der Waals surface area (Å²) in [6, 6.07) is 6.92. The molecule has 0 saturated carbocycles. The Hall–Kier alpha value is -1.59. The predicted octanol–water partition coefficient (Wildman–Crippen LogP) is 0.379. The number of carbonyl (C=O) groups is 2. The Labute approximate surface area is 104 Å². The Morgan fingerprint density at radius 2 is 1.71 bits per heavy atom. The molecule has 92 valence electrons. The molecule has 6 heteroatoms. The second kappa shape index (κ2) is 6.88. The van der Waals surface area contributed by atoms with Gasteiger partial charge in [-0.25, -0.2) is 0 Å². The number of hydrogen-bond donors (Lipinski definition) is 3. The van der Waals surface area contributed by atoms with E-state index in [-0.39, 0.29) is 31.2 Å². The summed E-state index contributed by atoms with van der Waals surface area (Å²) in [6.45, 7) is 0.249. The molecule has 2 amide bonds. The van der Waals surface area contributed by atoms with Crippen molar-refractivity contribution in [3.63, 3.8) is 0 Å². The van der Waals surface area contributed by atoms with E-state index in [1.807, 2.05) is 0 Å². The Balaban J connectivity index is 2.34. The van der Waals surface area contributed by atoms with Crippen molar-refractivity contribution in [1.29, 1.82) is 0 Å². The standard InChI is InChI=1S/C11H14ClN3O2/c12-9-3-1-8(2-4-9)7-11(17)15-14-10(16)5-6-13/h1-4H,5-7,13H2,(H,14,16)(H,15,17). The van der Waals surface area contributed by atoms with E-state index in [1.54, 1.807) is 24.3 Å². The highest BCUT2D eigenvalue weighted by atomic mass is 35.5. The van der Waals surface area contributed by atoms with Crippen LogP contribution in [0.25, 0.3) is 0 Å². The van der Waals surface area contributed by atoms with Crippen LogP contribution in [0.15, 0.2) is 24.3 Å². The summed E-state index contributed by atoms with van der Waals surface area (Å²) in [7, 11) is 0. The number of amides is 2. The summed E-state index contributed by atoms with van der Waals surface area (Å²) in [5.41, 5.74) is 10.6. The van der Waals surface area contributed by atoms with Gasteiger partial charge in [-0.3, -0.25) is 20.4 Å². The van der Waals surface area contributed by atoms with E-state index in [4.69, 9.17) is 17.3 Å². The van der Waals surface area contributed by atoms with Gasteiger partial charge < -0.3 is 5.73 Å². The SMILES string of the molecule is NCCC(=O)NNC(=O)Cc1ccc(Cl)cc1. The summed E-state index contributed by atoms with van der Waals surface area (Å²) >= 11 is 5.72. The lowest BCUT2D eigenvalue weighted by Crippen LogP contribution is -2.42. The largest absolute Gasteiger partial charge is 0.330 e. The number of hydrazine groups is 1. The number of rotatable bonds is 4. The third-order valence-corrected chi connectivity index (χ3v) is 2.24. The zero-order valence-corrected chi connectivity index (χ0v) is 9.96.